The number of anilines is 2. The maximum absolute atomic E-state index is 6.05. The molecule has 0 bridgehead atoms. The zero-order valence-electron chi connectivity index (χ0n) is 11.6. The van der Waals surface area contributed by atoms with Crippen molar-refractivity contribution >= 4 is 11.4 Å². The molecule has 18 heavy (non-hydrogen) atoms. The Balaban J connectivity index is 2.09. The molecule has 1 aliphatic rings. The first-order valence-electron chi connectivity index (χ1n) is 6.82. The van der Waals surface area contributed by atoms with Crippen molar-refractivity contribution in [2.75, 3.05) is 18.2 Å². The van der Waals surface area contributed by atoms with Crippen LogP contribution in [0.3, 0.4) is 0 Å². The first-order chi connectivity index (χ1) is 8.61. The molecule has 2 rings (SSSR count). The lowest BCUT2D eigenvalue weighted by Crippen LogP contribution is -2.35. The van der Waals surface area contributed by atoms with Gasteiger partial charge in [-0.3, -0.25) is 0 Å². The number of benzene rings is 1. The van der Waals surface area contributed by atoms with Gasteiger partial charge in [0.1, 0.15) is 5.75 Å². The van der Waals surface area contributed by atoms with Crippen molar-refractivity contribution in [2.24, 2.45) is 11.8 Å². The Morgan fingerprint density at radius 3 is 2.72 bits per heavy atom. The molecule has 3 nitrogen and oxygen atoms in total. The molecule has 1 saturated carbocycles. The van der Waals surface area contributed by atoms with Crippen molar-refractivity contribution in [1.29, 1.82) is 0 Å². The number of nitrogen functional groups attached to an aromatic ring is 1. The summed E-state index contributed by atoms with van der Waals surface area (Å²) in [5, 5.41) is 3.60. The van der Waals surface area contributed by atoms with Crippen LogP contribution in [-0.2, 0) is 0 Å². The quantitative estimate of drug-likeness (QED) is 0.805. The van der Waals surface area contributed by atoms with Gasteiger partial charge < -0.3 is 15.8 Å². The zero-order chi connectivity index (χ0) is 13.1. The molecule has 0 saturated heterocycles. The van der Waals surface area contributed by atoms with Crippen LogP contribution in [0.15, 0.2) is 18.2 Å². The van der Waals surface area contributed by atoms with Gasteiger partial charge in [0, 0.05) is 12.1 Å². The molecule has 0 amide bonds. The first-order valence-corrected chi connectivity index (χ1v) is 6.82. The van der Waals surface area contributed by atoms with E-state index in [1.54, 1.807) is 7.11 Å². The molecule has 1 aliphatic carbocycles. The highest BCUT2D eigenvalue weighted by Crippen LogP contribution is 2.33. The van der Waals surface area contributed by atoms with Crippen molar-refractivity contribution in [3.63, 3.8) is 0 Å². The number of ether oxygens (including phenoxy) is 1. The summed E-state index contributed by atoms with van der Waals surface area (Å²) < 4.78 is 5.17. The summed E-state index contributed by atoms with van der Waals surface area (Å²) in [6, 6.07) is 6.37. The summed E-state index contributed by atoms with van der Waals surface area (Å²) in [4.78, 5) is 0. The Bertz CT molecular complexity index is 405. The highest BCUT2D eigenvalue weighted by molar-refractivity contribution is 5.68. The summed E-state index contributed by atoms with van der Waals surface area (Å²) in [6.07, 6.45) is 3.88. The van der Waals surface area contributed by atoms with Crippen LogP contribution in [0.2, 0.25) is 0 Å². The standard InChI is InChI=1S/C15H24N2O/c1-10-5-4-6-14(11(10)2)17-15-8-7-12(18-3)9-13(15)16/h7-11,14,17H,4-6,16H2,1-3H3. The van der Waals surface area contributed by atoms with E-state index in [0.29, 0.717) is 12.0 Å². The lowest BCUT2D eigenvalue weighted by Gasteiger charge is -2.35. The van der Waals surface area contributed by atoms with Crippen LogP contribution >= 0.6 is 0 Å². The first kappa shape index (κ1) is 13.1. The van der Waals surface area contributed by atoms with Gasteiger partial charge in [-0.25, -0.2) is 0 Å². The third kappa shape index (κ3) is 2.71. The fraction of sp³-hybridized carbons (Fsp3) is 0.600. The fourth-order valence-electron chi connectivity index (χ4n) is 2.78. The lowest BCUT2D eigenvalue weighted by atomic mass is 9.78. The Morgan fingerprint density at radius 2 is 2.06 bits per heavy atom. The number of nitrogens with one attached hydrogen (secondary N) is 1. The van der Waals surface area contributed by atoms with Crippen molar-refractivity contribution in [1.82, 2.24) is 0 Å². The number of nitrogens with two attached hydrogens (primary N) is 1. The molecule has 0 spiro atoms. The molecule has 0 aliphatic heterocycles. The molecule has 0 aromatic heterocycles. The van der Waals surface area contributed by atoms with Gasteiger partial charge in [-0.05, 0) is 30.4 Å². The van der Waals surface area contributed by atoms with Gasteiger partial charge in [-0.1, -0.05) is 26.7 Å². The fourth-order valence-corrected chi connectivity index (χ4v) is 2.78. The summed E-state index contributed by atoms with van der Waals surface area (Å²) in [5.41, 5.74) is 7.84. The predicted octanol–water partition coefficient (Wildman–Crippen LogP) is 3.51. The number of hydrogen-bond donors (Lipinski definition) is 2. The molecule has 3 heteroatoms. The summed E-state index contributed by atoms with van der Waals surface area (Å²) >= 11 is 0. The molecular weight excluding hydrogens is 224 g/mol. The van der Waals surface area contributed by atoms with Crippen LogP contribution in [0, 0.1) is 11.8 Å². The normalized spacial score (nSPS) is 27.8. The molecule has 3 unspecified atom stereocenters. The average Bonchev–Trinajstić information content (AvgIpc) is 2.37. The lowest BCUT2D eigenvalue weighted by molar-refractivity contribution is 0.253. The molecule has 0 heterocycles. The second-order valence-corrected chi connectivity index (χ2v) is 5.47. The predicted molar refractivity (Wildman–Crippen MR) is 77.0 cm³/mol. The molecule has 0 radical (unpaired) electrons. The van der Waals surface area contributed by atoms with E-state index in [2.05, 4.69) is 19.2 Å². The zero-order valence-corrected chi connectivity index (χ0v) is 11.6. The van der Waals surface area contributed by atoms with E-state index < -0.39 is 0 Å². The Hall–Kier alpha value is -1.38. The average molecular weight is 248 g/mol. The van der Waals surface area contributed by atoms with E-state index in [4.69, 9.17) is 10.5 Å². The highest BCUT2D eigenvalue weighted by Gasteiger charge is 2.27. The van der Waals surface area contributed by atoms with Gasteiger partial charge in [0.25, 0.3) is 0 Å². The summed E-state index contributed by atoms with van der Waals surface area (Å²) in [6.45, 7) is 4.68. The smallest absolute Gasteiger partial charge is 0.121 e. The minimum absolute atomic E-state index is 0.532. The highest BCUT2D eigenvalue weighted by atomic mass is 16.5. The van der Waals surface area contributed by atoms with E-state index in [-0.39, 0.29) is 0 Å². The van der Waals surface area contributed by atoms with Crippen LogP contribution in [0.5, 0.6) is 5.75 Å². The second-order valence-electron chi connectivity index (χ2n) is 5.47. The van der Waals surface area contributed by atoms with Gasteiger partial charge in [0.2, 0.25) is 0 Å². The van der Waals surface area contributed by atoms with Crippen LogP contribution in [-0.4, -0.2) is 13.2 Å². The van der Waals surface area contributed by atoms with E-state index >= 15 is 0 Å². The van der Waals surface area contributed by atoms with Crippen LogP contribution < -0.4 is 15.8 Å². The Kier molecular flexibility index (Phi) is 4.00. The van der Waals surface area contributed by atoms with Crippen LogP contribution in [0.1, 0.15) is 33.1 Å². The molecule has 3 atom stereocenters. The van der Waals surface area contributed by atoms with Crippen molar-refractivity contribution in [3.05, 3.63) is 18.2 Å². The number of rotatable bonds is 3. The minimum atomic E-state index is 0.532. The molecule has 100 valence electrons. The SMILES string of the molecule is COc1ccc(NC2CCCC(C)C2C)c(N)c1. The topological polar surface area (TPSA) is 47.3 Å². The van der Waals surface area contributed by atoms with Crippen molar-refractivity contribution < 1.29 is 4.74 Å². The van der Waals surface area contributed by atoms with Gasteiger partial charge >= 0.3 is 0 Å². The minimum Gasteiger partial charge on any atom is -0.497 e. The maximum atomic E-state index is 6.05. The second kappa shape index (κ2) is 5.51. The van der Waals surface area contributed by atoms with Gasteiger partial charge in [0.15, 0.2) is 0 Å². The van der Waals surface area contributed by atoms with E-state index in [1.807, 2.05) is 18.2 Å². The van der Waals surface area contributed by atoms with Crippen LogP contribution in [0.25, 0.3) is 0 Å². The van der Waals surface area contributed by atoms with E-state index in [9.17, 15) is 0 Å². The molecule has 3 N–H and O–H groups in total. The molecule has 1 aromatic rings. The van der Waals surface area contributed by atoms with Crippen molar-refractivity contribution in [3.8, 4) is 5.75 Å². The maximum Gasteiger partial charge on any atom is 0.121 e. The largest absolute Gasteiger partial charge is 0.497 e. The number of methoxy groups -OCH3 is 1. The summed E-state index contributed by atoms with van der Waals surface area (Å²) in [7, 11) is 1.66. The molecule has 1 fully saturated rings. The Morgan fingerprint density at radius 1 is 1.28 bits per heavy atom. The third-order valence-electron chi connectivity index (χ3n) is 4.31. The van der Waals surface area contributed by atoms with Gasteiger partial charge in [0.05, 0.1) is 18.5 Å². The number of hydrogen-bond acceptors (Lipinski definition) is 3. The summed E-state index contributed by atoms with van der Waals surface area (Å²) in [5.74, 6) is 2.29. The Labute approximate surface area is 110 Å². The third-order valence-corrected chi connectivity index (χ3v) is 4.31. The van der Waals surface area contributed by atoms with Gasteiger partial charge in [-0.15, -0.1) is 0 Å². The molecule has 1 aromatic carbocycles. The van der Waals surface area contributed by atoms with Crippen LogP contribution in [0.4, 0.5) is 11.4 Å². The van der Waals surface area contributed by atoms with Crippen molar-refractivity contribution in [2.45, 2.75) is 39.2 Å². The van der Waals surface area contributed by atoms with E-state index in [0.717, 1.165) is 23.0 Å². The molecular formula is C15H24N2O. The van der Waals surface area contributed by atoms with E-state index in [1.165, 1.54) is 19.3 Å². The monoisotopic (exact) mass is 248 g/mol. The van der Waals surface area contributed by atoms with Gasteiger partial charge in [-0.2, -0.15) is 0 Å².